The quantitative estimate of drug-likeness (QED) is 0.352. The fourth-order valence-electron chi connectivity index (χ4n) is 2.13. The molecule has 0 aliphatic heterocycles. The van der Waals surface area contributed by atoms with Crippen LogP contribution < -0.4 is 5.32 Å². The minimum Gasteiger partial charge on any atom is -0.466 e. The number of nitrogens with one attached hydrogen (secondary N) is 1. The summed E-state index contributed by atoms with van der Waals surface area (Å²) in [5.74, 6) is -0.540. The minimum absolute atomic E-state index is 0.113. The summed E-state index contributed by atoms with van der Waals surface area (Å²) in [6, 6.07) is 6.28. The zero-order valence-electron chi connectivity index (χ0n) is 13.5. The molecule has 0 saturated heterocycles. The highest BCUT2D eigenvalue weighted by Gasteiger charge is 2.15. The van der Waals surface area contributed by atoms with Gasteiger partial charge in [-0.3, -0.25) is 10.1 Å². The summed E-state index contributed by atoms with van der Waals surface area (Å²) in [6.45, 7) is 0.307. The number of carbonyl (C=O) groups excluding carboxylic acids is 1. The molecule has 0 aliphatic rings. The first-order valence-electron chi connectivity index (χ1n) is 7.11. The second-order valence-electron chi connectivity index (χ2n) is 5.08. The van der Waals surface area contributed by atoms with Crippen LogP contribution >= 0.6 is 23.2 Å². The van der Waals surface area contributed by atoms with Crippen LogP contribution in [0.15, 0.2) is 30.3 Å². The third kappa shape index (κ3) is 4.52. The van der Waals surface area contributed by atoms with Crippen LogP contribution in [0.4, 0.5) is 11.4 Å². The van der Waals surface area contributed by atoms with Crippen LogP contribution in [0, 0.1) is 10.1 Å². The van der Waals surface area contributed by atoms with Gasteiger partial charge < -0.3 is 14.6 Å². The Kier molecular flexibility index (Phi) is 6.06. The minimum atomic E-state index is -0.540. The first-order chi connectivity index (χ1) is 11.8. The van der Waals surface area contributed by atoms with E-state index in [0.717, 1.165) is 5.69 Å². The van der Waals surface area contributed by atoms with E-state index in [1.165, 1.54) is 25.3 Å². The molecule has 2 aromatic rings. The molecule has 132 valence electrons. The van der Waals surface area contributed by atoms with E-state index in [2.05, 4.69) is 10.1 Å². The molecular formula is C16H15Cl2N3O4. The number of anilines is 1. The molecule has 1 N–H and O–H groups in total. The smallest absolute Gasteiger partial charge is 0.330 e. The van der Waals surface area contributed by atoms with Crippen molar-refractivity contribution in [2.75, 3.05) is 12.4 Å². The lowest BCUT2D eigenvalue weighted by atomic mass is 10.1. The van der Waals surface area contributed by atoms with Crippen LogP contribution in [-0.4, -0.2) is 22.6 Å². The van der Waals surface area contributed by atoms with Crippen molar-refractivity contribution in [2.45, 2.75) is 6.54 Å². The number of hydrogen-bond donors (Lipinski definition) is 1. The zero-order valence-corrected chi connectivity index (χ0v) is 15.0. The molecule has 0 atom stereocenters. The standard InChI is InChI=1S/C16H15Cl2N3O4/c1-20-11(8-12(17)16(20)18)9-19-13-5-3-10(4-6-15(22)25-2)7-14(13)21(23)24/h3-8,19H,9H2,1-2H3/b6-4+. The Morgan fingerprint density at radius 1 is 1.40 bits per heavy atom. The largest absolute Gasteiger partial charge is 0.466 e. The second-order valence-corrected chi connectivity index (χ2v) is 5.84. The Balaban J connectivity index is 2.22. The molecule has 25 heavy (non-hydrogen) atoms. The van der Waals surface area contributed by atoms with Crippen LogP contribution in [0.2, 0.25) is 10.2 Å². The molecule has 9 heteroatoms. The van der Waals surface area contributed by atoms with Gasteiger partial charge >= 0.3 is 5.97 Å². The first kappa shape index (κ1) is 18.8. The molecule has 7 nitrogen and oxygen atoms in total. The van der Waals surface area contributed by atoms with Crippen molar-refractivity contribution in [3.63, 3.8) is 0 Å². The molecule has 1 heterocycles. The molecule has 0 amide bonds. The summed E-state index contributed by atoms with van der Waals surface area (Å²) >= 11 is 12.0. The molecular weight excluding hydrogens is 369 g/mol. The first-order valence-corrected chi connectivity index (χ1v) is 7.87. The molecule has 0 bridgehead atoms. The van der Waals surface area contributed by atoms with Crippen molar-refractivity contribution in [2.24, 2.45) is 7.05 Å². The van der Waals surface area contributed by atoms with E-state index in [1.54, 1.807) is 29.8 Å². The SMILES string of the molecule is COC(=O)/C=C/c1ccc(NCc2cc(Cl)c(Cl)n2C)c([N+](=O)[O-])c1. The van der Waals surface area contributed by atoms with Crippen molar-refractivity contribution in [3.05, 3.63) is 61.9 Å². The molecule has 0 unspecified atom stereocenters. The lowest BCUT2D eigenvalue weighted by Crippen LogP contribution is -2.06. The van der Waals surface area contributed by atoms with Gasteiger partial charge in [0.25, 0.3) is 5.69 Å². The summed E-state index contributed by atoms with van der Waals surface area (Å²) in [7, 11) is 3.00. The Labute approximate surface area is 153 Å². The molecule has 0 fully saturated rings. The fraction of sp³-hybridized carbons (Fsp3) is 0.188. The highest BCUT2D eigenvalue weighted by molar-refractivity contribution is 6.41. The molecule has 2 rings (SSSR count). The molecule has 0 radical (unpaired) electrons. The van der Waals surface area contributed by atoms with Gasteiger partial charge in [0.05, 0.1) is 23.6 Å². The summed E-state index contributed by atoms with van der Waals surface area (Å²) in [5.41, 5.74) is 1.51. The van der Waals surface area contributed by atoms with Crippen LogP contribution in [0.5, 0.6) is 0 Å². The highest BCUT2D eigenvalue weighted by atomic mass is 35.5. The van der Waals surface area contributed by atoms with Crippen molar-refractivity contribution in [1.29, 1.82) is 0 Å². The maximum atomic E-state index is 11.3. The number of carbonyl (C=O) groups is 1. The number of hydrogen-bond acceptors (Lipinski definition) is 5. The van der Waals surface area contributed by atoms with Crippen molar-refractivity contribution in [3.8, 4) is 0 Å². The maximum Gasteiger partial charge on any atom is 0.330 e. The van der Waals surface area contributed by atoms with Gasteiger partial charge in [-0.1, -0.05) is 29.3 Å². The predicted octanol–water partition coefficient (Wildman–Crippen LogP) is 4.04. The Hall–Kier alpha value is -2.51. The van der Waals surface area contributed by atoms with E-state index < -0.39 is 10.9 Å². The monoisotopic (exact) mass is 383 g/mol. The van der Waals surface area contributed by atoms with Crippen molar-refractivity contribution >= 4 is 46.6 Å². The second kappa shape index (κ2) is 8.04. The topological polar surface area (TPSA) is 86.4 Å². The van der Waals surface area contributed by atoms with Gasteiger partial charge in [-0.25, -0.2) is 4.79 Å². The third-order valence-corrected chi connectivity index (χ3v) is 4.35. The molecule has 1 aromatic heterocycles. The lowest BCUT2D eigenvalue weighted by molar-refractivity contribution is -0.384. The summed E-state index contributed by atoms with van der Waals surface area (Å²) in [4.78, 5) is 21.9. The van der Waals surface area contributed by atoms with E-state index >= 15 is 0 Å². The van der Waals surface area contributed by atoms with Gasteiger partial charge in [0.1, 0.15) is 10.8 Å². The number of rotatable bonds is 6. The van der Waals surface area contributed by atoms with Gasteiger partial charge in [-0.15, -0.1) is 0 Å². The molecule has 0 spiro atoms. The number of ether oxygens (including phenoxy) is 1. The number of esters is 1. The normalized spacial score (nSPS) is 10.9. The average molecular weight is 384 g/mol. The van der Waals surface area contributed by atoms with Crippen LogP contribution in [0.3, 0.4) is 0 Å². The Morgan fingerprint density at radius 2 is 2.12 bits per heavy atom. The number of nitrogens with zero attached hydrogens (tertiary/aromatic N) is 2. The number of methoxy groups -OCH3 is 1. The van der Waals surface area contributed by atoms with E-state index in [0.29, 0.717) is 28.0 Å². The number of halogens is 2. The average Bonchev–Trinajstić information content (AvgIpc) is 2.84. The highest BCUT2D eigenvalue weighted by Crippen LogP contribution is 2.29. The number of benzene rings is 1. The van der Waals surface area contributed by atoms with E-state index in [-0.39, 0.29) is 5.69 Å². The summed E-state index contributed by atoms with van der Waals surface area (Å²) in [6.07, 6.45) is 2.64. The van der Waals surface area contributed by atoms with Gasteiger partial charge in [-0.2, -0.15) is 0 Å². The van der Waals surface area contributed by atoms with Gasteiger partial charge in [0.2, 0.25) is 0 Å². The molecule has 0 saturated carbocycles. The van der Waals surface area contributed by atoms with Gasteiger partial charge in [0.15, 0.2) is 0 Å². The van der Waals surface area contributed by atoms with Gasteiger partial charge in [-0.05, 0) is 23.8 Å². The fourth-order valence-corrected chi connectivity index (χ4v) is 2.55. The lowest BCUT2D eigenvalue weighted by Gasteiger charge is -2.09. The number of nitro groups is 1. The van der Waals surface area contributed by atoms with Crippen LogP contribution in [-0.2, 0) is 23.1 Å². The van der Waals surface area contributed by atoms with E-state index in [4.69, 9.17) is 23.2 Å². The van der Waals surface area contributed by atoms with Crippen molar-refractivity contribution in [1.82, 2.24) is 4.57 Å². The van der Waals surface area contributed by atoms with Crippen LogP contribution in [0.25, 0.3) is 6.08 Å². The van der Waals surface area contributed by atoms with Gasteiger partial charge in [0, 0.05) is 24.9 Å². The van der Waals surface area contributed by atoms with E-state index in [1.807, 2.05) is 0 Å². The van der Waals surface area contributed by atoms with Crippen molar-refractivity contribution < 1.29 is 14.5 Å². The molecule has 0 aliphatic carbocycles. The summed E-state index contributed by atoms with van der Waals surface area (Å²) in [5, 5.41) is 15.1. The Morgan fingerprint density at radius 3 is 2.68 bits per heavy atom. The number of nitro benzene ring substituents is 1. The zero-order chi connectivity index (χ0) is 18.6. The maximum absolute atomic E-state index is 11.3. The predicted molar refractivity (Wildman–Crippen MR) is 96.9 cm³/mol. The van der Waals surface area contributed by atoms with E-state index in [9.17, 15) is 14.9 Å². The third-order valence-electron chi connectivity index (χ3n) is 3.51. The number of aromatic nitrogens is 1. The summed E-state index contributed by atoms with van der Waals surface area (Å²) < 4.78 is 6.18. The Bertz CT molecular complexity index is 846. The molecule has 1 aromatic carbocycles. The van der Waals surface area contributed by atoms with Crippen LogP contribution in [0.1, 0.15) is 11.3 Å².